The first kappa shape index (κ1) is 26.8. The third-order valence-corrected chi connectivity index (χ3v) is 9.30. The van der Waals surface area contributed by atoms with Gasteiger partial charge in [-0.25, -0.2) is 13.9 Å². The lowest BCUT2D eigenvalue weighted by Crippen LogP contribution is -2.50. The number of carbonyl (C=O) groups is 1. The first-order chi connectivity index (χ1) is 19.5. The number of aliphatic hydroxyl groups is 1. The second kappa shape index (κ2) is 11.6. The Hall–Kier alpha value is -3.45. The van der Waals surface area contributed by atoms with Gasteiger partial charge in [0.15, 0.2) is 0 Å². The van der Waals surface area contributed by atoms with Crippen LogP contribution in [-0.2, 0) is 6.42 Å². The van der Waals surface area contributed by atoms with Crippen LogP contribution < -0.4 is 5.32 Å². The number of hydrogen-bond donors (Lipinski definition) is 2. The molecule has 1 saturated heterocycles. The molecule has 2 N–H and O–H groups in total. The summed E-state index contributed by atoms with van der Waals surface area (Å²) >= 11 is 0. The minimum atomic E-state index is -0.244. The fraction of sp³-hybridized carbons (Fsp3) is 0.455. The Morgan fingerprint density at radius 1 is 1.12 bits per heavy atom. The predicted octanol–water partition coefficient (Wildman–Crippen LogP) is 6.46. The molecule has 1 aromatic heterocycles. The van der Waals surface area contributed by atoms with Crippen LogP contribution in [0.4, 0.5) is 9.18 Å². The third-order valence-electron chi connectivity index (χ3n) is 9.30. The van der Waals surface area contributed by atoms with Crippen molar-refractivity contribution in [2.75, 3.05) is 13.2 Å². The van der Waals surface area contributed by atoms with Gasteiger partial charge in [0, 0.05) is 37.1 Å². The highest BCUT2D eigenvalue weighted by Gasteiger charge is 2.38. The van der Waals surface area contributed by atoms with Gasteiger partial charge in [-0.2, -0.15) is 5.10 Å². The molecule has 2 amide bonds. The topological polar surface area (TPSA) is 70.4 Å². The van der Waals surface area contributed by atoms with Crippen molar-refractivity contribution in [3.63, 3.8) is 0 Å². The molecule has 1 fully saturated rings. The maximum atomic E-state index is 13.6. The van der Waals surface area contributed by atoms with Crippen molar-refractivity contribution in [2.24, 2.45) is 5.92 Å². The molecule has 2 aliphatic carbocycles. The van der Waals surface area contributed by atoms with Crippen LogP contribution in [0, 0.1) is 11.7 Å². The Morgan fingerprint density at radius 3 is 2.70 bits per heavy atom. The Labute approximate surface area is 235 Å². The summed E-state index contributed by atoms with van der Waals surface area (Å²) in [6, 6.07) is 16.9. The van der Waals surface area contributed by atoms with Crippen LogP contribution >= 0.6 is 0 Å². The Morgan fingerprint density at radius 2 is 1.93 bits per heavy atom. The van der Waals surface area contributed by atoms with E-state index in [4.69, 9.17) is 5.10 Å². The first-order valence-corrected chi connectivity index (χ1v) is 14.8. The third kappa shape index (κ3) is 5.19. The number of piperidine rings is 1. The largest absolute Gasteiger partial charge is 0.396 e. The van der Waals surface area contributed by atoms with E-state index in [0.29, 0.717) is 12.3 Å². The predicted molar refractivity (Wildman–Crippen MR) is 154 cm³/mol. The number of hydrogen-bond acceptors (Lipinski definition) is 3. The van der Waals surface area contributed by atoms with E-state index in [1.807, 2.05) is 34.0 Å². The number of allylic oxidation sites excluding steroid dienone is 2. The van der Waals surface area contributed by atoms with Crippen molar-refractivity contribution in [3.8, 4) is 5.69 Å². The number of aromatic nitrogens is 2. The van der Waals surface area contributed by atoms with Crippen LogP contribution in [0.15, 0.2) is 71.9 Å². The van der Waals surface area contributed by atoms with Crippen LogP contribution in [0.2, 0.25) is 0 Å². The highest BCUT2D eigenvalue weighted by molar-refractivity contribution is 5.75. The molecule has 0 spiro atoms. The Bertz CT molecular complexity index is 1360. The summed E-state index contributed by atoms with van der Waals surface area (Å²) in [6.07, 6.45) is 9.54. The van der Waals surface area contributed by atoms with Crippen molar-refractivity contribution in [1.82, 2.24) is 20.0 Å². The van der Waals surface area contributed by atoms with Crippen molar-refractivity contribution in [2.45, 2.75) is 76.3 Å². The summed E-state index contributed by atoms with van der Waals surface area (Å²) in [4.78, 5) is 15.5. The van der Waals surface area contributed by atoms with E-state index < -0.39 is 0 Å². The number of halogens is 1. The second-order valence-corrected chi connectivity index (χ2v) is 11.6. The monoisotopic (exact) mass is 542 g/mol. The van der Waals surface area contributed by atoms with Gasteiger partial charge in [-0.15, -0.1) is 0 Å². The smallest absolute Gasteiger partial charge is 0.318 e. The lowest BCUT2D eigenvalue weighted by Gasteiger charge is -2.37. The number of likely N-dealkylation sites (tertiary alicyclic amines) is 1. The molecular weight excluding hydrogens is 503 g/mol. The maximum absolute atomic E-state index is 13.6. The highest BCUT2D eigenvalue weighted by atomic mass is 19.1. The number of nitrogens with one attached hydrogen (secondary N) is 1. The van der Waals surface area contributed by atoms with Gasteiger partial charge in [0.2, 0.25) is 0 Å². The lowest BCUT2D eigenvalue weighted by molar-refractivity contribution is 0.128. The zero-order chi connectivity index (χ0) is 27.6. The number of rotatable bonds is 7. The Balaban J connectivity index is 1.23. The lowest BCUT2D eigenvalue weighted by atomic mass is 9.78. The molecule has 6 nitrogen and oxygen atoms in total. The molecule has 0 bridgehead atoms. The van der Waals surface area contributed by atoms with Crippen LogP contribution in [0.5, 0.6) is 0 Å². The molecule has 0 saturated carbocycles. The van der Waals surface area contributed by atoms with Crippen LogP contribution in [0.1, 0.15) is 80.7 Å². The summed E-state index contributed by atoms with van der Waals surface area (Å²) in [7, 11) is 0. The maximum Gasteiger partial charge on any atom is 0.318 e. The van der Waals surface area contributed by atoms with Gasteiger partial charge in [0.05, 0.1) is 23.6 Å². The standard InChI is InChI=1S/C33H39FN4O2/c1-22-29-21-35-38(28-14-12-26(34)13-15-28)31(29)20-25-11-10-24(32(22)25)19-30(23-7-3-2-4-8-23)36-33(40)37-17-6-5-9-27(37)16-18-39/h2-4,7-8,12-15,21-22,24,27,30,39H,5-6,9-11,16-20H2,1H3,(H,36,40)/t22-,24+,27?,30?/m0/s1. The van der Waals surface area contributed by atoms with Gasteiger partial charge in [0.1, 0.15) is 5.82 Å². The fourth-order valence-corrected chi connectivity index (χ4v) is 7.33. The fourth-order valence-electron chi connectivity index (χ4n) is 7.33. The summed E-state index contributed by atoms with van der Waals surface area (Å²) in [5.41, 5.74) is 7.47. The number of carbonyl (C=O) groups excluding carboxylic acids is 1. The van der Waals surface area contributed by atoms with E-state index in [1.54, 1.807) is 12.1 Å². The summed E-state index contributed by atoms with van der Waals surface area (Å²) in [5, 5.41) is 17.7. The molecular formula is C33H39FN4O2. The SMILES string of the molecule is C[C@@H]1C2=C(CC[C@@H]2CC(NC(=O)N2CCCCC2CCO)c2ccccc2)Cc2c1cnn2-c1ccc(F)cc1. The van der Waals surface area contributed by atoms with Gasteiger partial charge in [0.25, 0.3) is 0 Å². The molecule has 3 aliphatic rings. The number of aliphatic hydroxyl groups excluding tert-OH is 1. The summed E-state index contributed by atoms with van der Waals surface area (Å²) < 4.78 is 15.5. The minimum absolute atomic E-state index is 0.0150. The van der Waals surface area contributed by atoms with Gasteiger partial charge < -0.3 is 15.3 Å². The molecule has 0 radical (unpaired) electrons. The summed E-state index contributed by atoms with van der Waals surface area (Å²) in [6.45, 7) is 3.13. The quantitative estimate of drug-likeness (QED) is 0.337. The van der Waals surface area contributed by atoms with E-state index in [-0.39, 0.29) is 36.5 Å². The second-order valence-electron chi connectivity index (χ2n) is 11.6. The van der Waals surface area contributed by atoms with E-state index in [0.717, 1.165) is 62.7 Å². The normalized spacial score (nSPS) is 23.1. The number of nitrogens with zero attached hydrogens (tertiary/aromatic N) is 3. The van der Waals surface area contributed by atoms with Crippen LogP contribution in [-0.4, -0.2) is 45.0 Å². The minimum Gasteiger partial charge on any atom is -0.396 e. The Kier molecular flexibility index (Phi) is 7.74. The van der Waals surface area contributed by atoms with Crippen LogP contribution in [0.25, 0.3) is 5.69 Å². The number of urea groups is 1. The molecule has 3 aromatic rings. The average Bonchev–Trinajstić information content (AvgIpc) is 3.59. The van der Waals surface area contributed by atoms with Gasteiger partial charge in [-0.3, -0.25) is 0 Å². The zero-order valence-corrected chi connectivity index (χ0v) is 23.2. The molecule has 2 heterocycles. The average molecular weight is 543 g/mol. The number of amides is 2. The first-order valence-electron chi connectivity index (χ1n) is 14.8. The van der Waals surface area contributed by atoms with E-state index in [9.17, 15) is 14.3 Å². The van der Waals surface area contributed by atoms with Crippen LogP contribution in [0.3, 0.4) is 0 Å². The van der Waals surface area contributed by atoms with Gasteiger partial charge in [-0.05, 0) is 80.7 Å². The molecule has 2 unspecified atom stereocenters. The molecule has 7 heteroatoms. The molecule has 4 atom stereocenters. The van der Waals surface area contributed by atoms with Crippen molar-refractivity contribution in [1.29, 1.82) is 0 Å². The molecule has 40 heavy (non-hydrogen) atoms. The van der Waals surface area contributed by atoms with E-state index in [2.05, 4.69) is 24.4 Å². The number of fused-ring (bicyclic) bond motifs is 1. The van der Waals surface area contributed by atoms with E-state index in [1.165, 1.54) is 34.5 Å². The van der Waals surface area contributed by atoms with Crippen molar-refractivity contribution < 1.29 is 14.3 Å². The molecule has 2 aromatic carbocycles. The van der Waals surface area contributed by atoms with Crippen molar-refractivity contribution >= 4 is 6.03 Å². The molecule has 1 aliphatic heterocycles. The zero-order valence-electron chi connectivity index (χ0n) is 23.2. The number of benzene rings is 2. The van der Waals surface area contributed by atoms with Gasteiger partial charge in [-0.1, -0.05) is 48.4 Å². The molecule has 6 rings (SSSR count). The van der Waals surface area contributed by atoms with Gasteiger partial charge >= 0.3 is 6.03 Å². The molecule has 210 valence electrons. The van der Waals surface area contributed by atoms with Crippen molar-refractivity contribution in [3.05, 3.63) is 94.6 Å². The van der Waals surface area contributed by atoms with E-state index >= 15 is 0 Å². The summed E-state index contributed by atoms with van der Waals surface area (Å²) in [5.74, 6) is 0.391. The highest BCUT2D eigenvalue weighted by Crippen LogP contribution is 2.49.